The van der Waals surface area contributed by atoms with Crippen LogP contribution in [0.2, 0.25) is 5.02 Å². The average molecular weight is 785 g/mol. The number of aryl methyl sites for hydroxylation is 1. The average Bonchev–Trinajstić information content (AvgIpc) is 3.69. The van der Waals surface area contributed by atoms with Gasteiger partial charge in [0.1, 0.15) is 17.7 Å². The highest BCUT2D eigenvalue weighted by Gasteiger charge is 2.78. The smallest absolute Gasteiger partial charge is 0.313 e. The summed E-state index contributed by atoms with van der Waals surface area (Å²) in [4.78, 5) is 59.7. The molecule has 0 aromatic heterocycles. The second-order valence-corrected chi connectivity index (χ2v) is 15.6. The molecule has 1 spiro atoms. The van der Waals surface area contributed by atoms with E-state index in [1.807, 2.05) is 57.2 Å². The highest BCUT2D eigenvalue weighted by molar-refractivity contribution is 9.09. The first-order valence-electron chi connectivity index (χ1n) is 17.4. The molecule has 2 N–H and O–H groups in total. The number of aliphatic hydroxyl groups excluding tert-OH is 1. The number of amides is 3. The summed E-state index contributed by atoms with van der Waals surface area (Å²) in [6, 6.07) is 11.9. The molecule has 2 aromatic carbocycles. The maximum absolute atomic E-state index is 15.1. The van der Waals surface area contributed by atoms with E-state index in [-0.39, 0.29) is 36.0 Å². The third kappa shape index (κ3) is 7.14. The molecular weight excluding hydrogens is 738 g/mol. The quantitative estimate of drug-likeness (QED) is 0.135. The summed E-state index contributed by atoms with van der Waals surface area (Å²) in [5, 5.41) is 14.0. The van der Waals surface area contributed by atoms with E-state index in [1.54, 1.807) is 31.2 Å². The van der Waals surface area contributed by atoms with Gasteiger partial charge in [0, 0.05) is 17.8 Å². The summed E-state index contributed by atoms with van der Waals surface area (Å²) >= 11 is 10.4. The van der Waals surface area contributed by atoms with Crippen LogP contribution >= 0.6 is 27.5 Å². The van der Waals surface area contributed by atoms with Crippen LogP contribution in [-0.2, 0) is 28.7 Å². The van der Waals surface area contributed by atoms with E-state index >= 15 is 4.79 Å². The number of aliphatic hydroxyl groups is 1. The Morgan fingerprint density at radius 3 is 2.47 bits per heavy atom. The lowest BCUT2D eigenvalue weighted by Gasteiger charge is -2.40. The van der Waals surface area contributed by atoms with Crippen molar-refractivity contribution in [2.75, 3.05) is 18.1 Å². The van der Waals surface area contributed by atoms with Gasteiger partial charge < -0.3 is 29.7 Å². The van der Waals surface area contributed by atoms with Gasteiger partial charge in [-0.15, -0.1) is 13.2 Å². The molecule has 2 bridgehead atoms. The second kappa shape index (κ2) is 16.0. The second-order valence-electron chi connectivity index (χ2n) is 14.0. The third-order valence-electron chi connectivity index (χ3n) is 10.4. The van der Waals surface area contributed by atoms with Crippen LogP contribution in [0.3, 0.4) is 0 Å². The summed E-state index contributed by atoms with van der Waals surface area (Å²) in [5.74, 6) is -4.19. The van der Waals surface area contributed by atoms with Crippen LogP contribution in [0.4, 0.5) is 5.69 Å². The van der Waals surface area contributed by atoms with Gasteiger partial charge in [-0.05, 0) is 49.8 Å². The van der Waals surface area contributed by atoms with E-state index in [4.69, 9.17) is 21.1 Å². The van der Waals surface area contributed by atoms with Crippen molar-refractivity contribution in [2.45, 2.75) is 87.7 Å². The van der Waals surface area contributed by atoms with Crippen LogP contribution < -0.4 is 10.2 Å². The summed E-state index contributed by atoms with van der Waals surface area (Å²) in [6.07, 6.45) is 2.58. The molecule has 3 fully saturated rings. The van der Waals surface area contributed by atoms with Crippen molar-refractivity contribution in [3.05, 3.63) is 90.0 Å². The third-order valence-corrected chi connectivity index (χ3v) is 11.5. The van der Waals surface area contributed by atoms with Crippen molar-refractivity contribution >= 4 is 56.9 Å². The van der Waals surface area contributed by atoms with E-state index in [0.717, 1.165) is 5.56 Å². The number of fused-ring (bicyclic) bond motifs is 1. The van der Waals surface area contributed by atoms with Gasteiger partial charge in [0.15, 0.2) is 0 Å². The molecule has 3 saturated heterocycles. The number of carbonyl (C=O) groups is 4. The number of allylic oxidation sites excluding steroid dienone is 1. The summed E-state index contributed by atoms with van der Waals surface area (Å²) in [5.41, 5.74) is 0.481. The minimum Gasteiger partial charge on any atom is -0.455 e. The van der Waals surface area contributed by atoms with Crippen LogP contribution in [0, 0.1) is 24.7 Å². The Morgan fingerprint density at radius 1 is 1.16 bits per heavy atom. The van der Waals surface area contributed by atoms with Crippen LogP contribution in [0.25, 0.3) is 0 Å². The minimum atomic E-state index is -1.42. The van der Waals surface area contributed by atoms with Crippen molar-refractivity contribution in [1.82, 2.24) is 10.2 Å². The van der Waals surface area contributed by atoms with E-state index < -0.39 is 72.2 Å². The summed E-state index contributed by atoms with van der Waals surface area (Å²) in [7, 11) is 0. The zero-order valence-electron chi connectivity index (χ0n) is 29.5. The molecule has 0 radical (unpaired) electrons. The Hall–Kier alpha value is -3.51. The Labute approximate surface area is 313 Å². The Balaban J connectivity index is 1.57. The molecule has 3 aliphatic rings. The maximum Gasteiger partial charge on any atom is 0.313 e. The van der Waals surface area contributed by atoms with Gasteiger partial charge in [-0.1, -0.05) is 96.0 Å². The zero-order valence-corrected chi connectivity index (χ0v) is 31.8. The number of ether oxygens (including phenoxy) is 2. The number of benzene rings is 2. The number of anilines is 1. The SMILES string of the molecule is C=CCCC(=O)N[C@H](C)[C@@H](OC(=O)[C@@H]1[C@H]2O[C@@]3(CC2Br)[C@H](C(=O)N(CC=C)c2c(C)cccc2Cl)N([C@@H](CO)C(C)C)C(=O)[C@@H]13)c1ccccc1. The number of esters is 1. The van der Waals surface area contributed by atoms with Crippen molar-refractivity contribution in [3.8, 4) is 0 Å². The largest absolute Gasteiger partial charge is 0.455 e. The first-order valence-corrected chi connectivity index (χ1v) is 18.7. The normalized spacial score (nSPS) is 26.7. The van der Waals surface area contributed by atoms with Gasteiger partial charge in [-0.25, -0.2) is 0 Å². The zero-order chi connectivity index (χ0) is 37.2. The number of para-hydroxylation sites is 1. The Kier molecular flexibility index (Phi) is 12.2. The fourth-order valence-corrected chi connectivity index (χ4v) is 9.33. The van der Waals surface area contributed by atoms with Crippen molar-refractivity contribution in [1.29, 1.82) is 0 Å². The first-order chi connectivity index (χ1) is 24.3. The number of hydrogen-bond donors (Lipinski definition) is 2. The number of alkyl halides is 1. The number of halogens is 2. The Bertz CT molecular complexity index is 1640. The van der Waals surface area contributed by atoms with Crippen molar-refractivity contribution in [2.24, 2.45) is 17.8 Å². The maximum atomic E-state index is 15.1. The van der Waals surface area contributed by atoms with E-state index in [2.05, 4.69) is 34.4 Å². The molecule has 12 heteroatoms. The van der Waals surface area contributed by atoms with E-state index in [1.165, 1.54) is 9.80 Å². The molecule has 9 atom stereocenters. The van der Waals surface area contributed by atoms with Crippen LogP contribution in [0.1, 0.15) is 57.3 Å². The number of carbonyl (C=O) groups excluding carboxylic acids is 4. The van der Waals surface area contributed by atoms with E-state index in [9.17, 15) is 19.5 Å². The molecule has 3 amide bonds. The number of nitrogens with one attached hydrogen (secondary N) is 1. The molecule has 2 aromatic rings. The number of hydrogen-bond acceptors (Lipinski definition) is 7. The fraction of sp³-hybridized carbons (Fsp3) is 0.487. The van der Waals surface area contributed by atoms with Gasteiger partial charge in [0.25, 0.3) is 5.91 Å². The lowest BCUT2D eigenvalue weighted by atomic mass is 9.70. The van der Waals surface area contributed by atoms with Crippen LogP contribution in [0.15, 0.2) is 73.8 Å². The van der Waals surface area contributed by atoms with E-state index in [0.29, 0.717) is 22.7 Å². The molecular formula is C39H47BrClN3O7. The summed E-state index contributed by atoms with van der Waals surface area (Å²) in [6.45, 7) is 14.6. The highest BCUT2D eigenvalue weighted by Crippen LogP contribution is 2.61. The van der Waals surface area contributed by atoms with Crippen molar-refractivity contribution in [3.63, 3.8) is 0 Å². The molecule has 3 heterocycles. The predicted molar refractivity (Wildman–Crippen MR) is 199 cm³/mol. The summed E-state index contributed by atoms with van der Waals surface area (Å²) < 4.78 is 13.0. The monoisotopic (exact) mass is 783 g/mol. The number of likely N-dealkylation sites (tertiary alicyclic amines) is 1. The molecule has 51 heavy (non-hydrogen) atoms. The number of nitrogens with zero attached hydrogens (tertiary/aromatic N) is 2. The van der Waals surface area contributed by atoms with Crippen molar-refractivity contribution < 1.29 is 33.8 Å². The molecule has 274 valence electrons. The molecule has 0 saturated carbocycles. The van der Waals surface area contributed by atoms with Gasteiger partial charge >= 0.3 is 5.97 Å². The van der Waals surface area contributed by atoms with Gasteiger partial charge in [0.2, 0.25) is 11.8 Å². The van der Waals surface area contributed by atoms with Crippen LogP contribution in [0.5, 0.6) is 0 Å². The molecule has 5 rings (SSSR count). The molecule has 10 nitrogen and oxygen atoms in total. The fourth-order valence-electron chi connectivity index (χ4n) is 8.07. The van der Waals surface area contributed by atoms with Gasteiger partial charge in [0.05, 0.1) is 47.3 Å². The van der Waals surface area contributed by atoms with Crippen LogP contribution in [-0.4, -0.2) is 81.5 Å². The molecule has 1 unspecified atom stereocenters. The minimum absolute atomic E-state index is 0.0932. The van der Waals surface area contributed by atoms with Gasteiger partial charge in [-0.2, -0.15) is 0 Å². The highest BCUT2D eigenvalue weighted by atomic mass is 79.9. The predicted octanol–water partition coefficient (Wildman–Crippen LogP) is 5.69. The Morgan fingerprint density at radius 2 is 1.86 bits per heavy atom. The first kappa shape index (κ1) is 38.7. The molecule has 3 aliphatic heterocycles. The lowest BCUT2D eigenvalue weighted by molar-refractivity contribution is -0.162. The number of rotatable bonds is 15. The molecule has 0 aliphatic carbocycles. The lowest BCUT2D eigenvalue weighted by Crippen LogP contribution is -2.60. The topological polar surface area (TPSA) is 125 Å². The van der Waals surface area contributed by atoms with Gasteiger partial charge in [-0.3, -0.25) is 19.2 Å². The standard InChI is InChI=1S/C39H47BrClN3O7/c1-7-9-18-29(46)42-24(6)33(25-15-11-10-12-16-25)50-38(49)30-31-36(47)44(28(21-45)22(3)4)35(39(31)20-26(40)34(30)51-39)37(48)43(19-8-2)32-23(5)14-13-17-27(32)41/h7-8,10-17,22,24,26,28,30-31,33-35,45H,1-2,9,18-21H2,3-6H3,(H,42,46)/t24-,26?,28+,30+,31-,33-,34+,35+,39-/m1/s1.